The van der Waals surface area contributed by atoms with Crippen molar-refractivity contribution in [3.8, 4) is 0 Å². The number of nitrogens with one attached hydrogen (secondary N) is 1. The van der Waals surface area contributed by atoms with Crippen molar-refractivity contribution in [3.63, 3.8) is 0 Å². The second-order valence-electron chi connectivity index (χ2n) is 4.90. The molecule has 0 fully saturated rings. The van der Waals surface area contributed by atoms with Crippen LogP contribution in [0, 0.1) is 0 Å². The maximum absolute atomic E-state index is 11.9. The first-order valence-corrected chi connectivity index (χ1v) is 7.20. The minimum atomic E-state index is -0.314. The molecule has 112 valence electrons. The predicted octanol–water partition coefficient (Wildman–Crippen LogP) is 3.46. The monoisotopic (exact) mass is 293 g/mol. The van der Waals surface area contributed by atoms with E-state index >= 15 is 0 Å². The van der Waals surface area contributed by atoms with Crippen LogP contribution in [-0.2, 0) is 6.42 Å². The van der Waals surface area contributed by atoms with Crippen LogP contribution in [0.1, 0.15) is 35.5 Å². The number of aromatic nitrogens is 1. The van der Waals surface area contributed by atoms with Gasteiger partial charge in [-0.05, 0) is 36.1 Å². The Morgan fingerprint density at radius 1 is 1.23 bits per heavy atom. The van der Waals surface area contributed by atoms with Gasteiger partial charge in [0, 0.05) is 6.20 Å². The summed E-state index contributed by atoms with van der Waals surface area (Å²) in [5.74, 6) is -0.314. The summed E-state index contributed by atoms with van der Waals surface area (Å²) in [6.45, 7) is 3.97. The van der Waals surface area contributed by atoms with E-state index in [0.29, 0.717) is 5.69 Å². The standard InChI is InChI=1S/C18H19N3O/c1-3-15-9-10-17(19-13-15)18(22)21-20-12-14(2)11-16-7-5-4-6-8-16/h4-13H,3H2,1-2H3,(H,21,22). The number of amides is 1. The number of allylic oxidation sites excluding steroid dienone is 1. The molecular formula is C18H19N3O. The van der Waals surface area contributed by atoms with Gasteiger partial charge in [0.15, 0.2) is 0 Å². The van der Waals surface area contributed by atoms with E-state index in [1.807, 2.05) is 56.3 Å². The molecule has 0 spiro atoms. The van der Waals surface area contributed by atoms with Crippen LogP contribution in [0.25, 0.3) is 6.08 Å². The number of aryl methyl sites for hydroxylation is 1. The van der Waals surface area contributed by atoms with Crippen LogP contribution in [-0.4, -0.2) is 17.1 Å². The lowest BCUT2D eigenvalue weighted by Gasteiger charge is -2.00. The average molecular weight is 293 g/mol. The molecule has 0 unspecified atom stereocenters. The van der Waals surface area contributed by atoms with E-state index in [4.69, 9.17) is 0 Å². The molecule has 0 aliphatic carbocycles. The molecule has 1 aromatic carbocycles. The van der Waals surface area contributed by atoms with Gasteiger partial charge >= 0.3 is 0 Å². The Kier molecular flexibility index (Phi) is 5.60. The summed E-state index contributed by atoms with van der Waals surface area (Å²) in [5.41, 5.74) is 5.98. The van der Waals surface area contributed by atoms with Gasteiger partial charge in [0.25, 0.3) is 5.91 Å². The summed E-state index contributed by atoms with van der Waals surface area (Å²) in [4.78, 5) is 16.0. The fourth-order valence-corrected chi connectivity index (χ4v) is 1.87. The molecule has 4 heteroatoms. The van der Waals surface area contributed by atoms with Gasteiger partial charge < -0.3 is 0 Å². The van der Waals surface area contributed by atoms with E-state index < -0.39 is 0 Å². The quantitative estimate of drug-likeness (QED) is 0.678. The van der Waals surface area contributed by atoms with Crippen molar-refractivity contribution < 1.29 is 4.79 Å². The highest BCUT2D eigenvalue weighted by molar-refractivity contribution is 5.93. The van der Waals surface area contributed by atoms with Crippen molar-refractivity contribution in [1.82, 2.24) is 10.4 Å². The molecule has 2 aromatic rings. The largest absolute Gasteiger partial charge is 0.289 e. The highest BCUT2D eigenvalue weighted by atomic mass is 16.2. The molecule has 0 radical (unpaired) electrons. The zero-order valence-corrected chi connectivity index (χ0v) is 12.8. The summed E-state index contributed by atoms with van der Waals surface area (Å²) < 4.78 is 0. The van der Waals surface area contributed by atoms with Crippen LogP contribution in [0.2, 0.25) is 0 Å². The highest BCUT2D eigenvalue weighted by Crippen LogP contribution is 2.04. The van der Waals surface area contributed by atoms with Gasteiger partial charge in [0.05, 0.1) is 6.21 Å². The Hall–Kier alpha value is -2.75. The molecule has 0 bridgehead atoms. The van der Waals surface area contributed by atoms with Crippen molar-refractivity contribution >= 4 is 18.2 Å². The van der Waals surface area contributed by atoms with E-state index in [1.165, 1.54) is 0 Å². The second kappa shape index (κ2) is 7.88. The van der Waals surface area contributed by atoms with E-state index in [-0.39, 0.29) is 5.91 Å². The van der Waals surface area contributed by atoms with E-state index in [0.717, 1.165) is 23.1 Å². The van der Waals surface area contributed by atoms with E-state index in [9.17, 15) is 4.79 Å². The summed E-state index contributed by atoms with van der Waals surface area (Å²) in [6, 6.07) is 13.5. The number of nitrogens with zero attached hydrogens (tertiary/aromatic N) is 2. The number of carbonyl (C=O) groups is 1. The maximum atomic E-state index is 11.9. The minimum Gasteiger partial charge on any atom is -0.266 e. The van der Waals surface area contributed by atoms with Gasteiger partial charge in [0.2, 0.25) is 0 Å². The topological polar surface area (TPSA) is 54.4 Å². The molecule has 0 saturated heterocycles. The SMILES string of the molecule is CCc1ccc(C(=O)NN=CC(C)=Cc2ccccc2)nc1. The third-order valence-electron chi connectivity index (χ3n) is 3.09. The summed E-state index contributed by atoms with van der Waals surface area (Å²) >= 11 is 0. The number of pyridine rings is 1. The lowest BCUT2D eigenvalue weighted by atomic mass is 10.1. The van der Waals surface area contributed by atoms with Crippen molar-refractivity contribution in [2.24, 2.45) is 5.10 Å². The number of hydrazone groups is 1. The van der Waals surface area contributed by atoms with E-state index in [1.54, 1.807) is 18.5 Å². The van der Waals surface area contributed by atoms with Crippen molar-refractivity contribution in [2.75, 3.05) is 0 Å². The zero-order chi connectivity index (χ0) is 15.8. The highest BCUT2D eigenvalue weighted by Gasteiger charge is 2.04. The molecule has 0 saturated carbocycles. The van der Waals surface area contributed by atoms with Gasteiger partial charge in [-0.1, -0.05) is 49.4 Å². The molecule has 4 nitrogen and oxygen atoms in total. The second-order valence-corrected chi connectivity index (χ2v) is 4.90. The number of carbonyl (C=O) groups excluding carboxylic acids is 1. The van der Waals surface area contributed by atoms with Crippen LogP contribution in [0.5, 0.6) is 0 Å². The van der Waals surface area contributed by atoms with Gasteiger partial charge in [-0.3, -0.25) is 9.78 Å². The third-order valence-corrected chi connectivity index (χ3v) is 3.09. The van der Waals surface area contributed by atoms with E-state index in [2.05, 4.69) is 15.5 Å². The fourth-order valence-electron chi connectivity index (χ4n) is 1.87. The van der Waals surface area contributed by atoms with Crippen LogP contribution in [0.15, 0.2) is 59.3 Å². The normalized spacial score (nSPS) is 11.6. The Morgan fingerprint density at radius 2 is 2.00 bits per heavy atom. The molecule has 1 amide bonds. The first-order chi connectivity index (χ1) is 10.7. The number of hydrogen-bond acceptors (Lipinski definition) is 3. The maximum Gasteiger partial charge on any atom is 0.289 e. The molecular weight excluding hydrogens is 274 g/mol. The van der Waals surface area contributed by atoms with Crippen LogP contribution in [0.4, 0.5) is 0 Å². The van der Waals surface area contributed by atoms with Crippen LogP contribution < -0.4 is 5.43 Å². The van der Waals surface area contributed by atoms with Crippen LogP contribution in [0.3, 0.4) is 0 Å². The van der Waals surface area contributed by atoms with Gasteiger partial charge in [-0.15, -0.1) is 0 Å². The van der Waals surface area contributed by atoms with Crippen molar-refractivity contribution in [2.45, 2.75) is 20.3 Å². The Balaban J connectivity index is 1.93. The zero-order valence-electron chi connectivity index (χ0n) is 12.8. The minimum absolute atomic E-state index is 0.314. The third kappa shape index (κ3) is 4.66. The first kappa shape index (κ1) is 15.6. The van der Waals surface area contributed by atoms with Crippen molar-refractivity contribution in [3.05, 3.63) is 71.1 Å². The summed E-state index contributed by atoms with van der Waals surface area (Å²) in [6.07, 6.45) is 6.21. The molecule has 22 heavy (non-hydrogen) atoms. The average Bonchev–Trinajstić information content (AvgIpc) is 2.55. The molecule has 2 rings (SSSR count). The molecule has 1 N–H and O–H groups in total. The molecule has 0 aliphatic heterocycles. The smallest absolute Gasteiger partial charge is 0.266 e. The fraction of sp³-hybridized carbons (Fsp3) is 0.167. The molecule has 1 heterocycles. The van der Waals surface area contributed by atoms with Gasteiger partial charge in [0.1, 0.15) is 5.69 Å². The summed E-state index contributed by atoms with van der Waals surface area (Å²) in [7, 11) is 0. The van der Waals surface area contributed by atoms with Gasteiger partial charge in [-0.2, -0.15) is 5.10 Å². The van der Waals surface area contributed by atoms with Crippen LogP contribution >= 0.6 is 0 Å². The van der Waals surface area contributed by atoms with Crippen molar-refractivity contribution in [1.29, 1.82) is 0 Å². The molecule has 0 aliphatic rings. The Morgan fingerprint density at radius 3 is 2.64 bits per heavy atom. The van der Waals surface area contributed by atoms with Gasteiger partial charge in [-0.25, -0.2) is 5.43 Å². The molecule has 0 atom stereocenters. The predicted molar refractivity (Wildman–Crippen MR) is 89.7 cm³/mol. The number of benzene rings is 1. The lowest BCUT2D eigenvalue weighted by Crippen LogP contribution is -2.18. The number of rotatable bonds is 5. The Labute approximate surface area is 130 Å². The lowest BCUT2D eigenvalue weighted by molar-refractivity contribution is 0.0950. The first-order valence-electron chi connectivity index (χ1n) is 7.20. The summed E-state index contributed by atoms with van der Waals surface area (Å²) in [5, 5.41) is 3.95. The molecule has 1 aromatic heterocycles. The number of hydrogen-bond donors (Lipinski definition) is 1. The Bertz CT molecular complexity index is 673.